The van der Waals surface area contributed by atoms with Gasteiger partial charge in [0, 0.05) is 7.14 Å². The van der Waals surface area contributed by atoms with Crippen LogP contribution >= 0.6 is 45.2 Å². The van der Waals surface area contributed by atoms with Crippen LogP contribution < -0.4 is 4.74 Å². The molecule has 1 aliphatic rings. The molecule has 0 spiro atoms. The van der Waals surface area contributed by atoms with Gasteiger partial charge in [0.2, 0.25) is 0 Å². The Hall–Kier alpha value is -1.54. The Morgan fingerprint density at radius 2 is 1.26 bits per heavy atom. The van der Waals surface area contributed by atoms with Gasteiger partial charge in [-0.05, 0) is 128 Å². The highest BCUT2D eigenvalue weighted by Gasteiger charge is 2.30. The third-order valence-corrected chi connectivity index (χ3v) is 8.57. The predicted octanol–water partition coefficient (Wildman–Crippen LogP) is 9.58. The summed E-state index contributed by atoms with van der Waals surface area (Å²) in [5.74, 6) is 2.20. The molecule has 0 aliphatic heterocycles. The molecule has 4 heteroatoms. The average molecular weight is 678 g/mol. The lowest BCUT2D eigenvalue weighted by Crippen LogP contribution is -2.30. The van der Waals surface area contributed by atoms with Crippen molar-refractivity contribution in [2.24, 2.45) is 11.3 Å². The van der Waals surface area contributed by atoms with Crippen LogP contribution in [0.2, 0.25) is 0 Å². The zero-order chi connectivity index (χ0) is 24.3. The van der Waals surface area contributed by atoms with Crippen LogP contribution in [0.4, 0.5) is 0 Å². The lowest BCUT2D eigenvalue weighted by atomic mass is 9.72. The summed E-state index contributed by atoms with van der Waals surface area (Å²) < 4.78 is 8.66. The van der Waals surface area contributed by atoms with E-state index in [1.807, 2.05) is 18.2 Å². The first-order valence-electron chi connectivity index (χ1n) is 11.9. The summed E-state index contributed by atoms with van der Waals surface area (Å²) >= 11 is 4.64. The number of phenols is 1. The molecule has 1 fully saturated rings. The van der Waals surface area contributed by atoms with E-state index < -0.39 is 0 Å². The van der Waals surface area contributed by atoms with E-state index in [9.17, 15) is 5.11 Å². The smallest absolute Gasteiger partial charge is 0.121 e. The van der Waals surface area contributed by atoms with Gasteiger partial charge in [-0.25, -0.2) is 0 Å². The van der Waals surface area contributed by atoms with E-state index in [0.29, 0.717) is 17.3 Å². The molecule has 0 aromatic heterocycles. The van der Waals surface area contributed by atoms with Crippen LogP contribution in [0.5, 0.6) is 11.5 Å². The molecule has 2 nitrogen and oxygen atoms in total. The van der Waals surface area contributed by atoms with Crippen LogP contribution in [0.1, 0.15) is 46.5 Å². The number of ether oxygens (including phenoxy) is 1. The zero-order valence-corrected chi connectivity index (χ0v) is 24.3. The van der Waals surface area contributed by atoms with Crippen molar-refractivity contribution >= 4 is 66.7 Å². The number of hydrogen-bond donors (Lipinski definition) is 1. The van der Waals surface area contributed by atoms with Gasteiger partial charge < -0.3 is 9.84 Å². The monoisotopic (exact) mass is 678 g/mol. The highest BCUT2D eigenvalue weighted by atomic mass is 127. The molecular weight excluding hydrogens is 646 g/mol. The third-order valence-electron chi connectivity index (χ3n) is 6.78. The van der Waals surface area contributed by atoms with Crippen molar-refractivity contribution in [1.29, 1.82) is 0 Å². The van der Waals surface area contributed by atoms with Crippen molar-refractivity contribution in [2.45, 2.75) is 52.6 Å². The first kappa shape index (κ1) is 25.5. The fourth-order valence-electron chi connectivity index (χ4n) is 4.79. The topological polar surface area (TPSA) is 29.5 Å². The quantitative estimate of drug-likeness (QED) is 0.214. The van der Waals surface area contributed by atoms with Crippen molar-refractivity contribution in [3.05, 3.63) is 79.9 Å². The maximum absolute atomic E-state index is 9.31. The fourth-order valence-corrected chi connectivity index (χ4v) is 6.40. The van der Waals surface area contributed by atoms with Crippen LogP contribution in [0, 0.1) is 18.5 Å². The summed E-state index contributed by atoms with van der Waals surface area (Å²) in [6.07, 6.45) is 5.34. The van der Waals surface area contributed by atoms with E-state index in [1.165, 1.54) is 45.4 Å². The molecular formula is C30H32I2O2. The summed E-state index contributed by atoms with van der Waals surface area (Å²) in [5, 5.41) is 14.2. The van der Waals surface area contributed by atoms with Gasteiger partial charge >= 0.3 is 0 Å². The normalized spacial score (nSPS) is 18.4. The lowest BCUT2D eigenvalue weighted by molar-refractivity contribution is 0.0883. The first-order valence-corrected chi connectivity index (χ1v) is 14.1. The summed E-state index contributed by atoms with van der Waals surface area (Å²) in [6, 6.07) is 24.5. The maximum Gasteiger partial charge on any atom is 0.121 e. The van der Waals surface area contributed by atoms with Crippen molar-refractivity contribution in [3.63, 3.8) is 0 Å². The number of rotatable bonds is 2. The van der Waals surface area contributed by atoms with Crippen molar-refractivity contribution in [2.75, 3.05) is 0 Å². The van der Waals surface area contributed by atoms with Gasteiger partial charge in [-0.15, -0.1) is 0 Å². The van der Waals surface area contributed by atoms with E-state index in [0.717, 1.165) is 20.6 Å². The molecule has 4 aromatic carbocycles. The van der Waals surface area contributed by atoms with Crippen molar-refractivity contribution in [3.8, 4) is 11.5 Å². The number of hydrogen-bond acceptors (Lipinski definition) is 2. The Kier molecular flexibility index (Phi) is 8.28. The fraction of sp³-hybridized carbons (Fsp3) is 0.333. The van der Waals surface area contributed by atoms with Gasteiger partial charge in [0.1, 0.15) is 11.5 Å². The second kappa shape index (κ2) is 11.0. The molecule has 178 valence electrons. The van der Waals surface area contributed by atoms with Gasteiger partial charge in [-0.3, -0.25) is 0 Å². The third kappa shape index (κ3) is 6.36. The Morgan fingerprint density at radius 1 is 0.735 bits per heavy atom. The Bertz CT molecular complexity index is 1270. The van der Waals surface area contributed by atoms with Crippen LogP contribution in [-0.4, -0.2) is 11.2 Å². The summed E-state index contributed by atoms with van der Waals surface area (Å²) in [7, 11) is 0. The molecule has 0 amide bonds. The number of aromatic hydroxyl groups is 1. The van der Waals surface area contributed by atoms with Crippen molar-refractivity contribution in [1.82, 2.24) is 0 Å². The van der Waals surface area contributed by atoms with E-state index >= 15 is 0 Å². The van der Waals surface area contributed by atoms with Crippen molar-refractivity contribution < 1.29 is 9.84 Å². The number of benzene rings is 4. The minimum Gasteiger partial charge on any atom is -0.508 e. The van der Waals surface area contributed by atoms with Gasteiger partial charge in [-0.2, -0.15) is 0 Å². The molecule has 0 bridgehead atoms. The van der Waals surface area contributed by atoms with E-state index in [-0.39, 0.29) is 0 Å². The highest BCUT2D eigenvalue weighted by Crippen LogP contribution is 2.39. The molecule has 0 unspecified atom stereocenters. The van der Waals surface area contributed by atoms with Gasteiger partial charge in [-0.1, -0.05) is 69.3 Å². The van der Waals surface area contributed by atoms with Crippen LogP contribution in [0.25, 0.3) is 21.5 Å². The minimum absolute atomic E-state index is 0.332. The Morgan fingerprint density at radius 3 is 1.85 bits per heavy atom. The van der Waals surface area contributed by atoms with E-state index in [4.69, 9.17) is 4.74 Å². The molecule has 1 saturated carbocycles. The van der Waals surface area contributed by atoms with E-state index in [2.05, 4.69) is 108 Å². The molecule has 0 radical (unpaired) electrons. The zero-order valence-electron chi connectivity index (χ0n) is 20.0. The van der Waals surface area contributed by atoms with E-state index in [1.54, 1.807) is 12.1 Å². The molecule has 5 rings (SSSR count). The minimum atomic E-state index is 0.332. The summed E-state index contributed by atoms with van der Waals surface area (Å²) in [5.41, 5.74) is 0.434. The lowest BCUT2D eigenvalue weighted by Gasteiger charge is -2.37. The molecule has 34 heavy (non-hydrogen) atoms. The summed E-state index contributed by atoms with van der Waals surface area (Å²) in [6.45, 7) is 7.10. The SMILES string of the molecule is CC(C)(C)C1CCC(Oc2cc(I)c3ccccc3c2)CC1.Oc1cc(I)c2ccccc2c1. The largest absolute Gasteiger partial charge is 0.508 e. The number of fused-ring (bicyclic) bond motifs is 2. The standard InChI is InChI=1S/C20H25IO.C10H7IO/c1-20(2,3)15-8-10-16(11-9-15)22-17-12-14-6-4-5-7-18(14)19(21)13-17;11-10-6-8(12)5-7-3-1-2-4-9(7)10/h4-7,12-13,15-16H,8-11H2,1-3H3;1-6,12H. The van der Waals surface area contributed by atoms with Gasteiger partial charge in [0.25, 0.3) is 0 Å². The second-order valence-corrected chi connectivity index (χ2v) is 12.6. The number of halogens is 2. The Balaban J connectivity index is 0.000000192. The van der Waals surface area contributed by atoms with Gasteiger partial charge in [0.15, 0.2) is 0 Å². The molecule has 0 atom stereocenters. The highest BCUT2D eigenvalue weighted by molar-refractivity contribution is 14.1. The molecule has 4 aromatic rings. The molecule has 1 N–H and O–H groups in total. The predicted molar refractivity (Wildman–Crippen MR) is 161 cm³/mol. The molecule has 0 saturated heterocycles. The molecule has 0 heterocycles. The van der Waals surface area contributed by atoms with Crippen LogP contribution in [-0.2, 0) is 0 Å². The number of phenolic OH excluding ortho intramolecular Hbond substituents is 1. The summed E-state index contributed by atoms with van der Waals surface area (Å²) in [4.78, 5) is 0. The maximum atomic E-state index is 9.31. The first-order chi connectivity index (χ1) is 16.2. The Labute approximate surface area is 230 Å². The second-order valence-electron chi connectivity index (χ2n) is 10.2. The van der Waals surface area contributed by atoms with Crippen LogP contribution in [0.15, 0.2) is 72.8 Å². The molecule has 1 aliphatic carbocycles. The average Bonchev–Trinajstić information content (AvgIpc) is 2.79. The van der Waals surface area contributed by atoms with Gasteiger partial charge in [0.05, 0.1) is 6.10 Å². The van der Waals surface area contributed by atoms with Crippen LogP contribution in [0.3, 0.4) is 0 Å².